The van der Waals surface area contributed by atoms with Crippen LogP contribution in [0.5, 0.6) is 0 Å². The number of rotatable bonds is 1. The summed E-state index contributed by atoms with van der Waals surface area (Å²) >= 11 is 0. The Kier molecular flexibility index (Phi) is 3.65. The molecule has 1 N–H and O–H groups in total. The molecule has 0 unspecified atom stereocenters. The molecule has 0 spiro atoms. The molecule has 10 heavy (non-hydrogen) atoms. The normalized spacial score (nSPS) is 8.10. The zero-order chi connectivity index (χ0) is 6.69. The van der Waals surface area contributed by atoms with Crippen LogP contribution < -0.4 is 4.98 Å². The molecule has 1 heterocycles. The minimum atomic E-state index is 0. The van der Waals surface area contributed by atoms with Gasteiger partial charge in [-0.25, -0.2) is 4.98 Å². The van der Waals surface area contributed by atoms with Crippen molar-refractivity contribution in [2.24, 2.45) is 0 Å². The van der Waals surface area contributed by atoms with Gasteiger partial charge in [-0.15, -0.1) is 12.4 Å². The van der Waals surface area contributed by atoms with E-state index >= 15 is 0 Å². The van der Waals surface area contributed by atoms with Crippen LogP contribution >= 0.6 is 12.4 Å². The van der Waals surface area contributed by atoms with E-state index in [2.05, 4.69) is 4.98 Å². The highest BCUT2D eigenvalue weighted by atomic mass is 35.5. The van der Waals surface area contributed by atoms with Crippen LogP contribution in [-0.4, -0.2) is 5.78 Å². The number of ketones is 1. The van der Waals surface area contributed by atoms with Crippen molar-refractivity contribution < 1.29 is 9.78 Å². The summed E-state index contributed by atoms with van der Waals surface area (Å²) in [6.45, 7) is 1.54. The number of hydrogen-bond donors (Lipinski definition) is 0. The summed E-state index contributed by atoms with van der Waals surface area (Å²) in [5.41, 5.74) is 0.720. The number of pyridine rings is 1. The van der Waals surface area contributed by atoms with Crippen molar-refractivity contribution in [3.63, 3.8) is 0 Å². The third-order valence-electron chi connectivity index (χ3n) is 1.11. The zero-order valence-electron chi connectivity index (χ0n) is 5.63. The molecule has 0 fully saturated rings. The molecule has 0 radical (unpaired) electrons. The van der Waals surface area contributed by atoms with Gasteiger partial charge in [0.05, 0.1) is 5.56 Å². The smallest absolute Gasteiger partial charge is 0.177 e. The lowest BCUT2D eigenvalue weighted by Crippen LogP contribution is -2.03. The fourth-order valence-corrected chi connectivity index (χ4v) is 0.612. The topological polar surface area (TPSA) is 31.2 Å². The van der Waals surface area contributed by atoms with Crippen LogP contribution in [0.25, 0.3) is 0 Å². The van der Waals surface area contributed by atoms with E-state index in [1.54, 1.807) is 31.5 Å². The molecule has 0 amide bonds. The Morgan fingerprint density at radius 2 is 2.30 bits per heavy atom. The maximum absolute atomic E-state index is 10.6. The molecule has 54 valence electrons. The predicted molar refractivity (Wildman–Crippen MR) is 40.3 cm³/mol. The largest absolute Gasteiger partial charge is 0.294 e. The first kappa shape index (κ1) is 9.11. The number of aromatic amines is 1. The lowest BCUT2D eigenvalue weighted by atomic mass is 10.2. The van der Waals surface area contributed by atoms with Crippen LogP contribution in [0, 0.1) is 0 Å². The number of hydrogen-bond acceptors (Lipinski definition) is 1. The summed E-state index contributed by atoms with van der Waals surface area (Å²) in [6.07, 6.45) is 3.45. The van der Waals surface area contributed by atoms with Crippen LogP contribution in [0.3, 0.4) is 0 Å². The molecule has 0 aliphatic rings. The number of nitrogens with one attached hydrogen (secondary N) is 1. The lowest BCUT2D eigenvalue weighted by Gasteiger charge is -1.84. The van der Waals surface area contributed by atoms with E-state index in [4.69, 9.17) is 0 Å². The summed E-state index contributed by atoms with van der Waals surface area (Å²) < 4.78 is 0. The van der Waals surface area contributed by atoms with E-state index < -0.39 is 0 Å². The second-order valence-corrected chi connectivity index (χ2v) is 1.85. The first-order chi connectivity index (χ1) is 4.30. The molecule has 1 aromatic rings. The maximum Gasteiger partial charge on any atom is 0.177 e. The van der Waals surface area contributed by atoms with Crippen LogP contribution in [0.1, 0.15) is 17.3 Å². The van der Waals surface area contributed by atoms with Gasteiger partial charge in [0.1, 0.15) is 0 Å². The second kappa shape index (κ2) is 4.01. The number of aromatic nitrogens is 1. The molecule has 0 saturated heterocycles. The minimum Gasteiger partial charge on any atom is -0.294 e. The van der Waals surface area contributed by atoms with Crippen LogP contribution in [0.2, 0.25) is 0 Å². The molecular weight excluding hydrogens is 150 g/mol. The quantitative estimate of drug-likeness (QED) is 0.564. The summed E-state index contributed by atoms with van der Waals surface area (Å²) in [5, 5.41) is 0. The summed E-state index contributed by atoms with van der Waals surface area (Å²) in [7, 11) is 0. The molecule has 1 rings (SSSR count). The van der Waals surface area contributed by atoms with Gasteiger partial charge in [0.15, 0.2) is 18.2 Å². The predicted octanol–water partition coefficient (Wildman–Crippen LogP) is 1.13. The third-order valence-corrected chi connectivity index (χ3v) is 1.11. The average molecular weight is 159 g/mol. The lowest BCUT2D eigenvalue weighted by molar-refractivity contribution is -0.378. The summed E-state index contributed by atoms with van der Waals surface area (Å²) in [6, 6.07) is 3.58. The molecule has 1 aromatic heterocycles. The molecule has 3 heteroatoms. The van der Waals surface area contributed by atoms with Gasteiger partial charge >= 0.3 is 0 Å². The zero-order valence-corrected chi connectivity index (χ0v) is 6.44. The Balaban J connectivity index is 0.000000810. The second-order valence-electron chi connectivity index (χ2n) is 1.85. The van der Waals surface area contributed by atoms with Gasteiger partial charge in [0.2, 0.25) is 0 Å². The van der Waals surface area contributed by atoms with Crippen molar-refractivity contribution in [3.05, 3.63) is 30.1 Å². The fourth-order valence-electron chi connectivity index (χ4n) is 0.612. The number of carbonyl (C=O) groups excluding carboxylic acids is 1. The Morgan fingerprint density at radius 1 is 1.60 bits per heavy atom. The van der Waals surface area contributed by atoms with Gasteiger partial charge in [-0.05, 0) is 13.0 Å². The third kappa shape index (κ3) is 2.15. The van der Waals surface area contributed by atoms with Gasteiger partial charge in [-0.3, -0.25) is 4.79 Å². The number of H-pyrrole nitrogens is 1. The molecular formula is C7H9ClNO+. The summed E-state index contributed by atoms with van der Waals surface area (Å²) in [4.78, 5) is 13.4. The minimum absolute atomic E-state index is 0. The van der Waals surface area contributed by atoms with Gasteiger partial charge in [-0.2, -0.15) is 0 Å². The van der Waals surface area contributed by atoms with Crippen molar-refractivity contribution in [2.75, 3.05) is 0 Å². The molecule has 0 bridgehead atoms. The average Bonchev–Trinajstić information content (AvgIpc) is 1.90. The van der Waals surface area contributed by atoms with Crippen molar-refractivity contribution in [2.45, 2.75) is 6.92 Å². The van der Waals surface area contributed by atoms with E-state index in [-0.39, 0.29) is 18.2 Å². The molecule has 2 nitrogen and oxygen atoms in total. The molecule has 0 aliphatic heterocycles. The Labute approximate surface area is 65.7 Å². The standard InChI is InChI=1S/C7H7NO.ClH/c1-6(9)7-3-2-4-8-5-7;/h2-5H,1H3;1H/p+1. The SMILES string of the molecule is CC(=O)c1ccc[nH+]c1.Cl. The maximum atomic E-state index is 10.6. The summed E-state index contributed by atoms with van der Waals surface area (Å²) in [5.74, 6) is 0.0897. The van der Waals surface area contributed by atoms with E-state index in [1.807, 2.05) is 0 Å². The van der Waals surface area contributed by atoms with Gasteiger partial charge < -0.3 is 0 Å². The van der Waals surface area contributed by atoms with E-state index in [0.717, 1.165) is 5.56 Å². The van der Waals surface area contributed by atoms with Gasteiger partial charge in [0, 0.05) is 6.07 Å². The van der Waals surface area contributed by atoms with Crippen molar-refractivity contribution in [3.8, 4) is 0 Å². The highest BCUT2D eigenvalue weighted by molar-refractivity contribution is 5.93. The molecule has 0 atom stereocenters. The highest BCUT2D eigenvalue weighted by Gasteiger charge is 1.97. The first-order valence-corrected chi connectivity index (χ1v) is 2.78. The van der Waals surface area contributed by atoms with Crippen molar-refractivity contribution >= 4 is 18.2 Å². The van der Waals surface area contributed by atoms with Gasteiger partial charge in [-0.1, -0.05) is 0 Å². The van der Waals surface area contributed by atoms with E-state index in [1.165, 1.54) is 0 Å². The Hall–Kier alpha value is -0.890. The number of carbonyl (C=O) groups is 1. The highest BCUT2D eigenvalue weighted by Crippen LogP contribution is 1.92. The monoisotopic (exact) mass is 158 g/mol. The van der Waals surface area contributed by atoms with Gasteiger partial charge in [0.25, 0.3) is 0 Å². The fraction of sp³-hybridized carbons (Fsp3) is 0.143. The number of halogens is 1. The van der Waals surface area contributed by atoms with E-state index in [9.17, 15) is 4.79 Å². The molecule has 0 aliphatic carbocycles. The molecule has 0 saturated carbocycles. The Bertz CT molecular complexity index is 210. The first-order valence-electron chi connectivity index (χ1n) is 2.78. The van der Waals surface area contributed by atoms with Crippen LogP contribution in [0.15, 0.2) is 24.5 Å². The number of Topliss-reactive ketones (excluding diaryl/α,β-unsaturated/α-hetero) is 1. The molecule has 0 aromatic carbocycles. The van der Waals surface area contributed by atoms with Crippen molar-refractivity contribution in [1.82, 2.24) is 0 Å². The van der Waals surface area contributed by atoms with Crippen LogP contribution in [-0.2, 0) is 0 Å². The Morgan fingerprint density at radius 3 is 2.60 bits per heavy atom. The van der Waals surface area contributed by atoms with E-state index in [0.29, 0.717) is 0 Å². The van der Waals surface area contributed by atoms with Crippen molar-refractivity contribution in [1.29, 1.82) is 0 Å². The van der Waals surface area contributed by atoms with Crippen LogP contribution in [0.4, 0.5) is 0 Å².